The first-order valence-electron chi connectivity index (χ1n) is 14.3. The molecular weight excluding hydrogens is 597 g/mol. The monoisotopic (exact) mass is 627 g/mol. The van der Waals surface area contributed by atoms with Crippen LogP contribution in [0.1, 0.15) is 27.0 Å². The van der Waals surface area contributed by atoms with E-state index in [1.807, 2.05) is 94.5 Å². The van der Waals surface area contributed by atoms with Crippen molar-refractivity contribution >= 4 is 29.1 Å². The van der Waals surface area contributed by atoms with Crippen molar-refractivity contribution < 1.29 is 19.0 Å². The lowest BCUT2D eigenvalue weighted by atomic mass is 10.1. The first kappa shape index (κ1) is 29.9. The van der Waals surface area contributed by atoms with E-state index in [4.69, 9.17) is 37.4 Å². The Bertz CT molecular complexity index is 1640. The molecule has 4 aromatic carbocycles. The molecular formula is C35H31Cl2N3O4. The van der Waals surface area contributed by atoms with E-state index < -0.39 is 11.9 Å². The number of amides is 1. The summed E-state index contributed by atoms with van der Waals surface area (Å²) in [7, 11) is 0. The summed E-state index contributed by atoms with van der Waals surface area (Å²) in [5.74, 6) is -0.823. The fraction of sp³-hybridized carbons (Fsp3) is 0.200. The van der Waals surface area contributed by atoms with Gasteiger partial charge in [0.1, 0.15) is 18.5 Å². The van der Waals surface area contributed by atoms with Crippen LogP contribution in [0.5, 0.6) is 5.75 Å². The van der Waals surface area contributed by atoms with E-state index in [9.17, 15) is 4.79 Å². The van der Waals surface area contributed by atoms with E-state index in [1.54, 1.807) is 36.8 Å². The van der Waals surface area contributed by atoms with Crippen LogP contribution in [0.15, 0.2) is 122 Å². The van der Waals surface area contributed by atoms with Gasteiger partial charge in [-0.1, -0.05) is 102 Å². The second-order valence-electron chi connectivity index (χ2n) is 10.6. The molecule has 2 heterocycles. The molecule has 0 spiro atoms. The standard InChI is InChI=1S/C35H31Cl2N3O4/c36-28-15-16-31(32(37)19-28)35(24-39-18-17-38-25-39)43-23-29(44-35)22-42-33-14-8-7-13-30(33)34(41)40(20-26-9-3-1-4-10-26)21-27-11-5-2-6-12-27/h1-19,25,29H,20-24H2/t29-,35-/m1/s1. The summed E-state index contributed by atoms with van der Waals surface area (Å²) < 4.78 is 21.0. The van der Waals surface area contributed by atoms with E-state index in [0.29, 0.717) is 46.6 Å². The molecule has 0 bridgehead atoms. The minimum Gasteiger partial charge on any atom is -0.490 e. The summed E-state index contributed by atoms with van der Waals surface area (Å²) in [4.78, 5) is 20.0. The first-order valence-corrected chi connectivity index (χ1v) is 15.1. The van der Waals surface area contributed by atoms with Crippen LogP contribution < -0.4 is 4.74 Å². The molecule has 7 nitrogen and oxygen atoms in total. The number of aromatic nitrogens is 2. The Morgan fingerprint density at radius 2 is 1.61 bits per heavy atom. The molecule has 1 aliphatic heterocycles. The van der Waals surface area contributed by atoms with Crippen molar-refractivity contribution in [3.05, 3.63) is 154 Å². The number of hydrogen-bond donors (Lipinski definition) is 0. The average Bonchev–Trinajstić information content (AvgIpc) is 3.71. The van der Waals surface area contributed by atoms with Gasteiger partial charge in [0.2, 0.25) is 5.79 Å². The predicted octanol–water partition coefficient (Wildman–Crippen LogP) is 7.38. The maximum Gasteiger partial charge on any atom is 0.258 e. The Hall–Kier alpha value is -4.14. The number of halogens is 2. The summed E-state index contributed by atoms with van der Waals surface area (Å²) in [6.07, 6.45) is 4.79. The third kappa shape index (κ3) is 6.98. The van der Waals surface area contributed by atoms with E-state index in [2.05, 4.69) is 4.98 Å². The highest BCUT2D eigenvalue weighted by Gasteiger charge is 2.45. The third-order valence-corrected chi connectivity index (χ3v) is 7.96. The molecule has 1 amide bonds. The number of rotatable bonds is 11. The fourth-order valence-electron chi connectivity index (χ4n) is 5.30. The molecule has 0 radical (unpaired) electrons. The Balaban J connectivity index is 1.21. The zero-order valence-corrected chi connectivity index (χ0v) is 25.4. The fourth-order valence-corrected chi connectivity index (χ4v) is 5.86. The quantitative estimate of drug-likeness (QED) is 0.153. The first-order chi connectivity index (χ1) is 21.5. The molecule has 0 unspecified atom stereocenters. The van der Waals surface area contributed by atoms with E-state index in [1.165, 1.54) is 0 Å². The summed E-state index contributed by atoms with van der Waals surface area (Å²) in [6, 6.07) is 32.5. The van der Waals surface area contributed by atoms with Crippen molar-refractivity contribution in [3.8, 4) is 5.75 Å². The van der Waals surface area contributed by atoms with E-state index >= 15 is 0 Å². The molecule has 1 aromatic heterocycles. The number of imidazole rings is 1. The molecule has 2 atom stereocenters. The number of para-hydroxylation sites is 1. The van der Waals surface area contributed by atoms with Gasteiger partial charge in [-0.15, -0.1) is 0 Å². The highest BCUT2D eigenvalue weighted by molar-refractivity contribution is 6.35. The van der Waals surface area contributed by atoms with Gasteiger partial charge in [0.25, 0.3) is 5.91 Å². The van der Waals surface area contributed by atoms with Crippen LogP contribution in [0, 0.1) is 0 Å². The minimum absolute atomic E-state index is 0.126. The number of ether oxygens (including phenoxy) is 3. The van der Waals surface area contributed by atoms with Crippen molar-refractivity contribution in [2.24, 2.45) is 0 Å². The number of carbonyl (C=O) groups is 1. The van der Waals surface area contributed by atoms with Gasteiger partial charge < -0.3 is 23.7 Å². The summed E-state index contributed by atoms with van der Waals surface area (Å²) >= 11 is 12.8. The van der Waals surface area contributed by atoms with Crippen LogP contribution in [0.4, 0.5) is 0 Å². The van der Waals surface area contributed by atoms with E-state index in [0.717, 1.165) is 11.1 Å². The SMILES string of the molecule is O=C(c1ccccc1OC[C@@H]1CO[C@@](Cn2ccnc2)(c2ccc(Cl)cc2Cl)O1)N(Cc1ccccc1)Cc1ccccc1. The van der Waals surface area contributed by atoms with Gasteiger partial charge in [-0.2, -0.15) is 0 Å². The molecule has 0 aliphatic carbocycles. The van der Waals surface area contributed by atoms with Crippen LogP contribution in [0.3, 0.4) is 0 Å². The Kier molecular flexibility index (Phi) is 9.28. The van der Waals surface area contributed by atoms with Crippen molar-refractivity contribution in [2.75, 3.05) is 13.2 Å². The lowest BCUT2D eigenvalue weighted by molar-refractivity contribution is -0.189. The zero-order chi connectivity index (χ0) is 30.4. The maximum absolute atomic E-state index is 14.1. The van der Waals surface area contributed by atoms with Crippen molar-refractivity contribution in [1.82, 2.24) is 14.5 Å². The molecule has 1 aliphatic rings. The van der Waals surface area contributed by atoms with Gasteiger partial charge in [0, 0.05) is 36.1 Å². The summed E-state index contributed by atoms with van der Waals surface area (Å²) in [5.41, 5.74) is 3.22. The number of carbonyl (C=O) groups excluding carboxylic acids is 1. The van der Waals surface area contributed by atoms with Crippen molar-refractivity contribution in [3.63, 3.8) is 0 Å². The van der Waals surface area contributed by atoms with Crippen LogP contribution >= 0.6 is 23.2 Å². The molecule has 9 heteroatoms. The zero-order valence-electron chi connectivity index (χ0n) is 23.9. The van der Waals surface area contributed by atoms with Gasteiger partial charge in [-0.3, -0.25) is 4.79 Å². The van der Waals surface area contributed by atoms with Gasteiger partial charge in [-0.05, 0) is 35.4 Å². The van der Waals surface area contributed by atoms with Crippen LogP contribution in [-0.4, -0.2) is 39.7 Å². The van der Waals surface area contributed by atoms with Gasteiger partial charge in [-0.25, -0.2) is 4.98 Å². The highest BCUT2D eigenvalue weighted by atomic mass is 35.5. The van der Waals surface area contributed by atoms with Crippen LogP contribution in [0.2, 0.25) is 10.0 Å². The smallest absolute Gasteiger partial charge is 0.258 e. The predicted molar refractivity (Wildman–Crippen MR) is 170 cm³/mol. The third-order valence-electron chi connectivity index (χ3n) is 7.41. The van der Waals surface area contributed by atoms with Gasteiger partial charge >= 0.3 is 0 Å². The topological polar surface area (TPSA) is 65.8 Å². The molecule has 0 saturated carbocycles. The highest BCUT2D eigenvalue weighted by Crippen LogP contribution is 2.40. The molecule has 1 fully saturated rings. The second-order valence-corrected chi connectivity index (χ2v) is 11.4. The number of nitrogens with zero attached hydrogens (tertiary/aromatic N) is 3. The van der Waals surface area contributed by atoms with Crippen LogP contribution in [-0.2, 0) is 34.9 Å². The van der Waals surface area contributed by atoms with Gasteiger partial charge in [0.15, 0.2) is 0 Å². The lowest BCUT2D eigenvalue weighted by Crippen LogP contribution is -2.34. The van der Waals surface area contributed by atoms with Crippen LogP contribution in [0.25, 0.3) is 0 Å². The molecule has 6 rings (SSSR count). The minimum atomic E-state index is -1.17. The molecule has 44 heavy (non-hydrogen) atoms. The average molecular weight is 629 g/mol. The Morgan fingerprint density at radius 3 is 2.27 bits per heavy atom. The molecule has 5 aromatic rings. The lowest BCUT2D eigenvalue weighted by Gasteiger charge is -2.30. The van der Waals surface area contributed by atoms with Gasteiger partial charge in [0.05, 0.1) is 30.1 Å². The number of benzene rings is 4. The molecule has 224 valence electrons. The second kappa shape index (κ2) is 13.7. The maximum atomic E-state index is 14.1. The number of hydrogen-bond acceptors (Lipinski definition) is 5. The normalized spacial score (nSPS) is 17.8. The molecule has 0 N–H and O–H groups in total. The van der Waals surface area contributed by atoms with Crippen molar-refractivity contribution in [1.29, 1.82) is 0 Å². The van der Waals surface area contributed by atoms with Crippen molar-refractivity contribution in [2.45, 2.75) is 31.5 Å². The molecule has 1 saturated heterocycles. The van der Waals surface area contributed by atoms with E-state index in [-0.39, 0.29) is 19.1 Å². The Labute approximate surface area is 266 Å². The summed E-state index contributed by atoms with van der Waals surface area (Å²) in [6.45, 7) is 1.67. The summed E-state index contributed by atoms with van der Waals surface area (Å²) in [5, 5.41) is 0.955. The largest absolute Gasteiger partial charge is 0.490 e. The Morgan fingerprint density at radius 1 is 0.932 bits per heavy atom.